The molecule has 19 heavy (non-hydrogen) atoms. The minimum absolute atomic E-state index is 0.0881. The first-order valence-corrected chi connectivity index (χ1v) is 7.93. The van der Waals surface area contributed by atoms with E-state index in [1.54, 1.807) is 31.2 Å². The molecule has 2 N–H and O–H groups in total. The van der Waals surface area contributed by atoms with Gasteiger partial charge in [0.1, 0.15) is 0 Å². The molecule has 0 aliphatic rings. The number of rotatable bonds is 7. The van der Waals surface area contributed by atoms with Crippen LogP contribution in [0.4, 0.5) is 0 Å². The minimum Gasteiger partial charge on any atom is -0.351 e. The number of carbonyl (C=O) groups excluding carboxylic acids is 1. The summed E-state index contributed by atoms with van der Waals surface area (Å²) in [6.07, 6.45) is 0.732. The Morgan fingerprint density at radius 3 is 2.47 bits per heavy atom. The van der Waals surface area contributed by atoms with Crippen molar-refractivity contribution in [1.82, 2.24) is 10.0 Å². The lowest BCUT2D eigenvalue weighted by Gasteiger charge is -2.12. The smallest absolute Gasteiger partial charge is 0.251 e. The highest BCUT2D eigenvalue weighted by Gasteiger charge is 2.13. The molecule has 1 atom stereocenters. The summed E-state index contributed by atoms with van der Waals surface area (Å²) in [5, 5.41) is 2.59. The van der Waals surface area contributed by atoms with Crippen LogP contribution in [0.1, 0.15) is 30.6 Å². The summed E-state index contributed by atoms with van der Waals surface area (Å²) in [6, 6.07) is 8.61. The van der Waals surface area contributed by atoms with Gasteiger partial charge in [-0.05, 0) is 25.5 Å². The molecule has 0 spiro atoms. The summed E-state index contributed by atoms with van der Waals surface area (Å²) in [7, 11) is -3.34. The molecule has 0 aliphatic heterocycles. The Hall–Kier alpha value is -1.40. The van der Waals surface area contributed by atoms with Gasteiger partial charge in [0.25, 0.3) is 5.91 Å². The van der Waals surface area contributed by atoms with Crippen LogP contribution in [0.25, 0.3) is 0 Å². The molecule has 6 heteroatoms. The van der Waals surface area contributed by atoms with Gasteiger partial charge in [0, 0.05) is 18.2 Å². The van der Waals surface area contributed by atoms with E-state index in [2.05, 4.69) is 10.0 Å². The molecule has 106 valence electrons. The molecule has 0 saturated carbocycles. The third kappa shape index (κ3) is 5.85. The molecule has 0 unspecified atom stereocenters. The minimum atomic E-state index is -3.34. The van der Waals surface area contributed by atoms with Crippen LogP contribution in [0.3, 0.4) is 0 Å². The standard InChI is InChI=1S/C13H20N2O3S/c1-3-11(2)15-19(17,18)10-9-14-13(16)12-7-5-4-6-8-12/h4-8,11,15H,3,9-10H2,1-2H3,(H,14,16)/t11-/m0/s1. The molecule has 0 fully saturated rings. The molecule has 5 nitrogen and oxygen atoms in total. The fourth-order valence-corrected chi connectivity index (χ4v) is 2.71. The summed E-state index contributed by atoms with van der Waals surface area (Å²) in [6.45, 7) is 3.81. The van der Waals surface area contributed by atoms with Crippen molar-refractivity contribution in [3.63, 3.8) is 0 Å². The zero-order valence-corrected chi connectivity index (χ0v) is 12.0. The Bertz CT molecular complexity index is 500. The summed E-state index contributed by atoms with van der Waals surface area (Å²) in [4.78, 5) is 11.7. The van der Waals surface area contributed by atoms with Crippen LogP contribution >= 0.6 is 0 Å². The topological polar surface area (TPSA) is 75.3 Å². The molecular weight excluding hydrogens is 264 g/mol. The van der Waals surface area contributed by atoms with Crippen molar-refractivity contribution >= 4 is 15.9 Å². The van der Waals surface area contributed by atoms with E-state index in [-0.39, 0.29) is 24.2 Å². The largest absolute Gasteiger partial charge is 0.351 e. The first-order chi connectivity index (χ1) is 8.94. The first kappa shape index (κ1) is 15.7. The Morgan fingerprint density at radius 2 is 1.89 bits per heavy atom. The highest BCUT2D eigenvalue weighted by atomic mass is 32.2. The maximum atomic E-state index is 11.7. The summed E-state index contributed by atoms with van der Waals surface area (Å²) >= 11 is 0. The second-order valence-electron chi connectivity index (χ2n) is 4.37. The highest BCUT2D eigenvalue weighted by Crippen LogP contribution is 1.98. The first-order valence-electron chi connectivity index (χ1n) is 6.28. The van der Waals surface area contributed by atoms with E-state index in [1.165, 1.54) is 0 Å². The van der Waals surface area contributed by atoms with Crippen LogP contribution in [-0.2, 0) is 10.0 Å². The van der Waals surface area contributed by atoms with Crippen molar-refractivity contribution in [1.29, 1.82) is 0 Å². The Balaban J connectivity index is 2.40. The molecule has 0 heterocycles. The number of amides is 1. The van der Waals surface area contributed by atoms with Gasteiger partial charge in [-0.1, -0.05) is 25.1 Å². The van der Waals surface area contributed by atoms with E-state index in [0.29, 0.717) is 5.56 Å². The van der Waals surface area contributed by atoms with Crippen LogP contribution in [0.15, 0.2) is 30.3 Å². The maximum Gasteiger partial charge on any atom is 0.251 e. The van der Waals surface area contributed by atoms with Gasteiger partial charge in [0.15, 0.2) is 0 Å². The highest BCUT2D eigenvalue weighted by molar-refractivity contribution is 7.89. The molecule has 1 aromatic rings. The zero-order chi connectivity index (χ0) is 14.3. The fraction of sp³-hybridized carbons (Fsp3) is 0.462. The Labute approximate surface area is 114 Å². The van der Waals surface area contributed by atoms with Gasteiger partial charge in [0.05, 0.1) is 5.75 Å². The lowest BCUT2D eigenvalue weighted by atomic mass is 10.2. The Kier molecular flexibility index (Phi) is 5.98. The average Bonchev–Trinajstić information content (AvgIpc) is 2.38. The van der Waals surface area contributed by atoms with E-state index in [4.69, 9.17) is 0 Å². The van der Waals surface area contributed by atoms with Gasteiger partial charge in [0.2, 0.25) is 10.0 Å². The quantitative estimate of drug-likeness (QED) is 0.788. The van der Waals surface area contributed by atoms with Crippen molar-refractivity contribution < 1.29 is 13.2 Å². The van der Waals surface area contributed by atoms with Gasteiger partial charge in [-0.25, -0.2) is 13.1 Å². The van der Waals surface area contributed by atoms with E-state index in [1.807, 2.05) is 13.0 Å². The third-order valence-corrected chi connectivity index (χ3v) is 4.19. The summed E-state index contributed by atoms with van der Waals surface area (Å²) in [5.74, 6) is -0.380. The lowest BCUT2D eigenvalue weighted by molar-refractivity contribution is 0.0956. The molecule has 1 rings (SSSR count). The van der Waals surface area contributed by atoms with E-state index in [9.17, 15) is 13.2 Å². The number of nitrogens with one attached hydrogen (secondary N) is 2. The van der Waals surface area contributed by atoms with E-state index in [0.717, 1.165) is 6.42 Å². The number of hydrogen-bond donors (Lipinski definition) is 2. The third-order valence-electron chi connectivity index (χ3n) is 2.69. The van der Waals surface area contributed by atoms with Gasteiger partial charge in [-0.2, -0.15) is 0 Å². The second kappa shape index (κ2) is 7.25. The molecule has 1 aromatic carbocycles. The monoisotopic (exact) mass is 284 g/mol. The summed E-state index contributed by atoms with van der Waals surface area (Å²) in [5.41, 5.74) is 0.523. The van der Waals surface area contributed by atoms with Gasteiger partial charge < -0.3 is 5.32 Å². The van der Waals surface area contributed by atoms with Crippen molar-refractivity contribution in [2.24, 2.45) is 0 Å². The molecular formula is C13H20N2O3S. The number of hydrogen-bond acceptors (Lipinski definition) is 3. The van der Waals surface area contributed by atoms with Gasteiger partial charge >= 0.3 is 0 Å². The number of sulfonamides is 1. The maximum absolute atomic E-state index is 11.7. The van der Waals surface area contributed by atoms with Crippen molar-refractivity contribution in [2.75, 3.05) is 12.3 Å². The molecule has 0 aliphatic carbocycles. The van der Waals surface area contributed by atoms with Crippen molar-refractivity contribution in [3.05, 3.63) is 35.9 Å². The van der Waals surface area contributed by atoms with Gasteiger partial charge in [-0.3, -0.25) is 4.79 Å². The van der Waals surface area contributed by atoms with Crippen LogP contribution in [0.5, 0.6) is 0 Å². The van der Waals surface area contributed by atoms with E-state index < -0.39 is 10.0 Å². The molecule has 0 saturated heterocycles. The Morgan fingerprint density at radius 1 is 1.26 bits per heavy atom. The predicted octanol–water partition coefficient (Wildman–Crippen LogP) is 1.13. The average molecular weight is 284 g/mol. The van der Waals surface area contributed by atoms with Crippen molar-refractivity contribution in [3.8, 4) is 0 Å². The predicted molar refractivity (Wildman–Crippen MR) is 75.5 cm³/mol. The lowest BCUT2D eigenvalue weighted by Crippen LogP contribution is -2.38. The fourth-order valence-electron chi connectivity index (χ4n) is 1.44. The van der Waals surface area contributed by atoms with Crippen LogP contribution in [-0.4, -0.2) is 32.7 Å². The number of benzene rings is 1. The van der Waals surface area contributed by atoms with Crippen molar-refractivity contribution in [2.45, 2.75) is 26.3 Å². The second-order valence-corrected chi connectivity index (χ2v) is 6.24. The molecule has 0 radical (unpaired) electrons. The SMILES string of the molecule is CC[C@H](C)NS(=O)(=O)CCNC(=O)c1ccccc1. The van der Waals surface area contributed by atoms with Crippen LogP contribution in [0.2, 0.25) is 0 Å². The molecule has 0 bridgehead atoms. The van der Waals surface area contributed by atoms with Gasteiger partial charge in [-0.15, -0.1) is 0 Å². The van der Waals surface area contributed by atoms with Crippen LogP contribution in [0, 0.1) is 0 Å². The normalized spacial score (nSPS) is 12.9. The van der Waals surface area contributed by atoms with Crippen LogP contribution < -0.4 is 10.0 Å². The zero-order valence-electron chi connectivity index (χ0n) is 11.2. The summed E-state index contributed by atoms with van der Waals surface area (Å²) < 4.78 is 25.9. The molecule has 0 aromatic heterocycles. The molecule has 1 amide bonds. The van der Waals surface area contributed by atoms with E-state index >= 15 is 0 Å². The number of carbonyl (C=O) groups is 1.